The number of carboxylic acids is 1. The summed E-state index contributed by atoms with van der Waals surface area (Å²) in [4.78, 5) is 14.0. The molecule has 5 aliphatic carbocycles. The SMILES string of the molecule is C=C(C)[C@@H]1CCC2(NCCN3COC(CC)C3)CCC3C(CCC4C5(C)CC=C(c6ccc(C(=O)O)cc6)C(C)C5CCC34C)C12. The summed E-state index contributed by atoms with van der Waals surface area (Å²) in [7, 11) is 0. The summed E-state index contributed by atoms with van der Waals surface area (Å²) in [6, 6.07) is 7.63. The largest absolute Gasteiger partial charge is 0.478 e. The Morgan fingerprint density at radius 3 is 2.48 bits per heavy atom. The van der Waals surface area contributed by atoms with Gasteiger partial charge in [-0.25, -0.2) is 4.79 Å². The number of nitrogens with zero attached hydrogens (tertiary/aromatic N) is 1. The van der Waals surface area contributed by atoms with Crippen molar-refractivity contribution in [1.82, 2.24) is 10.2 Å². The molecular weight excluding hydrogens is 568 g/mol. The average Bonchev–Trinajstić information content (AvgIpc) is 3.66. The Kier molecular flexibility index (Phi) is 8.63. The van der Waals surface area contributed by atoms with Crippen LogP contribution in [-0.4, -0.2) is 54.0 Å². The zero-order valence-corrected chi connectivity index (χ0v) is 29.3. The van der Waals surface area contributed by atoms with Crippen molar-refractivity contribution in [2.45, 2.75) is 110 Å². The molecule has 0 spiro atoms. The lowest BCUT2D eigenvalue weighted by Gasteiger charge is -2.67. The zero-order chi connectivity index (χ0) is 32.4. The van der Waals surface area contributed by atoms with E-state index in [1.807, 2.05) is 12.1 Å². The molecule has 10 unspecified atom stereocenters. The maximum atomic E-state index is 11.5. The molecule has 5 fully saturated rings. The molecule has 0 amide bonds. The number of nitrogens with one attached hydrogen (secondary N) is 1. The highest BCUT2D eigenvalue weighted by molar-refractivity contribution is 5.88. The van der Waals surface area contributed by atoms with Crippen LogP contribution in [-0.2, 0) is 4.74 Å². The molecule has 11 atom stereocenters. The number of fused-ring (bicyclic) bond motifs is 7. The highest BCUT2D eigenvalue weighted by Crippen LogP contribution is 2.71. The number of allylic oxidation sites excluding steroid dienone is 3. The minimum absolute atomic E-state index is 0.271. The highest BCUT2D eigenvalue weighted by Gasteiger charge is 2.65. The number of benzene rings is 1. The van der Waals surface area contributed by atoms with Crippen LogP contribution in [0.4, 0.5) is 0 Å². The van der Waals surface area contributed by atoms with Gasteiger partial charge in [0.15, 0.2) is 0 Å². The predicted octanol–water partition coefficient (Wildman–Crippen LogP) is 8.67. The summed E-state index contributed by atoms with van der Waals surface area (Å²) in [6.07, 6.45) is 16.0. The van der Waals surface area contributed by atoms with E-state index in [0.717, 1.165) is 62.9 Å². The monoisotopic (exact) mass is 628 g/mol. The molecule has 1 aliphatic heterocycles. The smallest absolute Gasteiger partial charge is 0.335 e. The maximum absolute atomic E-state index is 11.5. The van der Waals surface area contributed by atoms with Crippen LogP contribution in [0.15, 0.2) is 42.5 Å². The van der Waals surface area contributed by atoms with Crippen molar-refractivity contribution >= 4 is 11.5 Å². The number of rotatable bonds is 8. The van der Waals surface area contributed by atoms with Gasteiger partial charge in [0.25, 0.3) is 0 Å². The maximum Gasteiger partial charge on any atom is 0.335 e. The Balaban J connectivity index is 1.11. The molecule has 5 nitrogen and oxygen atoms in total. The molecule has 1 heterocycles. The molecule has 2 N–H and O–H groups in total. The van der Waals surface area contributed by atoms with E-state index in [1.165, 1.54) is 68.1 Å². The van der Waals surface area contributed by atoms with E-state index in [-0.39, 0.29) is 5.54 Å². The van der Waals surface area contributed by atoms with Crippen LogP contribution in [0.3, 0.4) is 0 Å². The third-order valence-electron chi connectivity index (χ3n) is 15.2. The first-order chi connectivity index (χ1) is 22.0. The number of aromatic carboxylic acids is 1. The second-order valence-corrected chi connectivity index (χ2v) is 17.1. The molecule has 1 aromatic rings. The van der Waals surface area contributed by atoms with Gasteiger partial charge in [-0.3, -0.25) is 4.90 Å². The molecule has 46 heavy (non-hydrogen) atoms. The quantitative estimate of drug-likeness (QED) is 0.282. The van der Waals surface area contributed by atoms with Gasteiger partial charge >= 0.3 is 5.97 Å². The summed E-state index contributed by atoms with van der Waals surface area (Å²) >= 11 is 0. The van der Waals surface area contributed by atoms with E-state index in [2.05, 4.69) is 57.5 Å². The predicted molar refractivity (Wildman–Crippen MR) is 186 cm³/mol. The first-order valence-corrected chi connectivity index (χ1v) is 18.8. The first-order valence-electron chi connectivity index (χ1n) is 18.8. The molecule has 1 saturated heterocycles. The van der Waals surface area contributed by atoms with Crippen molar-refractivity contribution < 1.29 is 14.6 Å². The number of ether oxygens (including phenoxy) is 1. The van der Waals surface area contributed by atoms with Crippen molar-refractivity contribution in [3.8, 4) is 0 Å². The molecule has 7 rings (SSSR count). The molecule has 0 bridgehead atoms. The summed E-state index contributed by atoms with van der Waals surface area (Å²) in [5.74, 6) is 4.07. The summed E-state index contributed by atoms with van der Waals surface area (Å²) < 4.78 is 5.98. The highest BCUT2D eigenvalue weighted by atomic mass is 16.5. The van der Waals surface area contributed by atoms with Crippen molar-refractivity contribution in [2.24, 2.45) is 52.3 Å². The molecule has 1 aromatic carbocycles. The van der Waals surface area contributed by atoms with Crippen LogP contribution in [0.5, 0.6) is 0 Å². The molecular formula is C41H60N2O3. The van der Waals surface area contributed by atoms with Crippen molar-refractivity contribution in [3.63, 3.8) is 0 Å². The average molecular weight is 629 g/mol. The number of carbonyl (C=O) groups is 1. The van der Waals surface area contributed by atoms with E-state index >= 15 is 0 Å². The third-order valence-corrected chi connectivity index (χ3v) is 15.2. The fraction of sp³-hybridized carbons (Fsp3) is 0.732. The Bertz CT molecular complexity index is 1350. The molecule has 252 valence electrons. The number of hydrogen-bond acceptors (Lipinski definition) is 4. The van der Waals surface area contributed by atoms with E-state index < -0.39 is 5.97 Å². The Hall–Kier alpha value is -1.95. The van der Waals surface area contributed by atoms with Crippen LogP contribution in [0.2, 0.25) is 0 Å². The standard InChI is InChI=1S/C41H60N2O3/c1-7-30-24-43(25-46-30)23-22-42-41-20-15-31(26(2)3)37(41)33-12-13-36-39(5)18-14-32(28-8-10-29(11-9-28)38(44)45)27(4)34(39)16-19-40(36,6)35(33)17-21-41/h8-11,14,27,30-31,33-37,42H,2,7,12-13,15-25H2,1,3-6H3,(H,44,45)/t27?,30?,31-,33?,34?,35?,36?,37?,39?,40?,41?/m0/s1. The van der Waals surface area contributed by atoms with E-state index in [0.29, 0.717) is 40.3 Å². The van der Waals surface area contributed by atoms with Crippen LogP contribution in [0.1, 0.15) is 115 Å². The van der Waals surface area contributed by atoms with Gasteiger partial charge in [-0.15, -0.1) is 0 Å². The van der Waals surface area contributed by atoms with Gasteiger partial charge in [-0.05, 0) is 147 Å². The lowest BCUT2D eigenvalue weighted by atomic mass is 9.38. The lowest BCUT2D eigenvalue weighted by molar-refractivity contribution is -0.167. The van der Waals surface area contributed by atoms with Gasteiger partial charge in [0, 0.05) is 25.2 Å². The van der Waals surface area contributed by atoms with Crippen LogP contribution < -0.4 is 5.32 Å². The first kappa shape index (κ1) is 32.6. The Morgan fingerprint density at radius 2 is 1.78 bits per heavy atom. The summed E-state index contributed by atoms with van der Waals surface area (Å²) in [5.41, 5.74) is 5.44. The second-order valence-electron chi connectivity index (χ2n) is 17.1. The van der Waals surface area contributed by atoms with Gasteiger partial charge in [0.2, 0.25) is 0 Å². The minimum Gasteiger partial charge on any atom is -0.478 e. The van der Waals surface area contributed by atoms with Gasteiger partial charge in [0.05, 0.1) is 18.4 Å². The summed E-state index contributed by atoms with van der Waals surface area (Å²) in [5, 5.41) is 13.7. The van der Waals surface area contributed by atoms with E-state index in [4.69, 9.17) is 4.74 Å². The molecule has 0 aromatic heterocycles. The fourth-order valence-electron chi connectivity index (χ4n) is 13.0. The molecule has 0 radical (unpaired) electrons. The fourth-order valence-corrected chi connectivity index (χ4v) is 13.0. The van der Waals surface area contributed by atoms with E-state index in [1.54, 1.807) is 12.1 Å². The molecule has 4 saturated carbocycles. The zero-order valence-electron chi connectivity index (χ0n) is 29.3. The van der Waals surface area contributed by atoms with Crippen LogP contribution in [0.25, 0.3) is 5.57 Å². The summed E-state index contributed by atoms with van der Waals surface area (Å²) in [6.45, 7) is 21.0. The van der Waals surface area contributed by atoms with Crippen LogP contribution in [0, 0.1) is 52.3 Å². The minimum atomic E-state index is -0.850. The van der Waals surface area contributed by atoms with Gasteiger partial charge in [-0.1, -0.05) is 58.1 Å². The normalized spacial score (nSPS) is 43.6. The second kappa shape index (κ2) is 12.2. The number of carboxylic acid groups (broad SMARTS) is 1. The van der Waals surface area contributed by atoms with Gasteiger partial charge < -0.3 is 15.2 Å². The third kappa shape index (κ3) is 5.17. The topological polar surface area (TPSA) is 61.8 Å². The van der Waals surface area contributed by atoms with Crippen LogP contribution >= 0.6 is 0 Å². The van der Waals surface area contributed by atoms with Crippen molar-refractivity contribution in [1.29, 1.82) is 0 Å². The lowest BCUT2D eigenvalue weighted by Crippen LogP contribution is -2.64. The van der Waals surface area contributed by atoms with Gasteiger partial charge in [0.1, 0.15) is 0 Å². The van der Waals surface area contributed by atoms with Gasteiger partial charge in [-0.2, -0.15) is 0 Å². The van der Waals surface area contributed by atoms with E-state index in [9.17, 15) is 9.90 Å². The Morgan fingerprint density at radius 1 is 1.04 bits per heavy atom. The van der Waals surface area contributed by atoms with Crippen molar-refractivity contribution in [3.05, 3.63) is 53.6 Å². The Labute approximate surface area is 278 Å². The molecule has 6 aliphatic rings. The van der Waals surface area contributed by atoms with Crippen molar-refractivity contribution in [2.75, 3.05) is 26.4 Å². The number of hydrogen-bond donors (Lipinski definition) is 2. The molecule has 5 heteroatoms.